The normalized spacial score (nSPS) is 21.6. The molecule has 0 saturated heterocycles. The van der Waals surface area contributed by atoms with Crippen molar-refractivity contribution in [2.24, 2.45) is 0 Å². The van der Waals surface area contributed by atoms with Crippen molar-refractivity contribution in [1.82, 2.24) is 5.32 Å². The largest absolute Gasteiger partial charge is 0.465 e. The zero-order valence-electron chi connectivity index (χ0n) is 11.1. The maximum Gasteiger partial charge on any atom is 0.117 e. The van der Waals surface area contributed by atoms with Crippen LogP contribution in [0, 0.1) is 0 Å². The van der Waals surface area contributed by atoms with Crippen molar-refractivity contribution in [1.29, 1.82) is 0 Å². The Kier molecular flexibility index (Phi) is 3.40. The van der Waals surface area contributed by atoms with Crippen molar-refractivity contribution >= 4 is 0 Å². The molecule has 3 heteroatoms. The number of rotatable bonds is 4. The van der Waals surface area contributed by atoms with E-state index in [0.717, 1.165) is 24.4 Å². The quantitative estimate of drug-likeness (QED) is 0.885. The fourth-order valence-electron chi connectivity index (χ4n) is 2.74. The number of aryl methyl sites for hydroxylation is 1. The monoisotopic (exact) mass is 257 g/mol. The molecule has 1 aliphatic rings. The Morgan fingerprint density at radius 1 is 1.21 bits per heavy atom. The first-order valence-corrected chi connectivity index (χ1v) is 6.84. The zero-order valence-corrected chi connectivity index (χ0v) is 11.1. The van der Waals surface area contributed by atoms with Crippen LogP contribution in [0.15, 0.2) is 40.8 Å². The molecule has 0 saturated carbocycles. The summed E-state index contributed by atoms with van der Waals surface area (Å²) >= 11 is 0. The highest BCUT2D eigenvalue weighted by atomic mass is 16.3. The Balaban J connectivity index is 1.70. The summed E-state index contributed by atoms with van der Waals surface area (Å²) in [6.45, 7) is 2.73. The molecule has 3 rings (SSSR count). The molecule has 2 aromatic rings. The number of furan rings is 1. The van der Waals surface area contributed by atoms with Gasteiger partial charge in [-0.05, 0) is 23.3 Å². The van der Waals surface area contributed by atoms with E-state index in [9.17, 15) is 5.11 Å². The summed E-state index contributed by atoms with van der Waals surface area (Å²) in [4.78, 5) is 0. The minimum atomic E-state index is -0.349. The second-order valence-corrected chi connectivity index (χ2v) is 5.05. The van der Waals surface area contributed by atoms with Crippen LogP contribution in [-0.2, 0) is 19.4 Å². The molecular formula is C16H19NO2. The van der Waals surface area contributed by atoms with Crippen molar-refractivity contribution in [3.63, 3.8) is 0 Å². The molecular weight excluding hydrogens is 238 g/mol. The molecule has 2 atom stereocenters. The molecule has 0 spiro atoms. The fourth-order valence-corrected chi connectivity index (χ4v) is 2.74. The molecule has 1 aromatic heterocycles. The maximum absolute atomic E-state index is 10.1. The van der Waals surface area contributed by atoms with Crippen LogP contribution in [0.5, 0.6) is 0 Å². The Morgan fingerprint density at radius 2 is 2.00 bits per heavy atom. The third-order valence-corrected chi connectivity index (χ3v) is 3.77. The number of aliphatic hydroxyl groups excluding tert-OH is 1. The van der Waals surface area contributed by atoms with Crippen molar-refractivity contribution in [2.45, 2.75) is 38.5 Å². The number of hydrogen-bond acceptors (Lipinski definition) is 3. The summed E-state index contributed by atoms with van der Waals surface area (Å²) in [6, 6.07) is 12.2. The van der Waals surface area contributed by atoms with Crippen molar-refractivity contribution in [3.05, 3.63) is 59.0 Å². The van der Waals surface area contributed by atoms with E-state index in [1.54, 1.807) is 0 Å². The minimum Gasteiger partial charge on any atom is -0.465 e. The smallest absolute Gasteiger partial charge is 0.117 e. The van der Waals surface area contributed by atoms with E-state index in [1.807, 2.05) is 24.3 Å². The van der Waals surface area contributed by atoms with Gasteiger partial charge in [0.05, 0.1) is 18.7 Å². The number of fused-ring (bicyclic) bond motifs is 1. The second-order valence-electron chi connectivity index (χ2n) is 5.05. The van der Waals surface area contributed by atoms with Gasteiger partial charge in [0.2, 0.25) is 0 Å². The molecule has 0 unspecified atom stereocenters. The summed E-state index contributed by atoms with van der Waals surface area (Å²) in [5.74, 6) is 1.93. The number of nitrogens with one attached hydrogen (secondary N) is 1. The molecule has 100 valence electrons. The summed E-state index contributed by atoms with van der Waals surface area (Å²) in [6.07, 6.45) is 1.29. The lowest BCUT2D eigenvalue weighted by atomic mass is 10.1. The summed E-state index contributed by atoms with van der Waals surface area (Å²) in [5, 5.41) is 13.5. The standard InChI is InChI=1S/C16H19NO2/c1-2-12-7-8-13(19-12)10-17-16-14-6-4-3-5-11(14)9-15(16)18/h3-8,15-18H,2,9-10H2,1H3/t15-,16+/m0/s1. The Bertz CT molecular complexity index is 561. The highest BCUT2D eigenvalue weighted by Crippen LogP contribution is 2.31. The van der Waals surface area contributed by atoms with Crippen LogP contribution in [0.2, 0.25) is 0 Å². The molecule has 19 heavy (non-hydrogen) atoms. The Hall–Kier alpha value is -1.58. The van der Waals surface area contributed by atoms with E-state index in [1.165, 1.54) is 11.1 Å². The van der Waals surface area contributed by atoms with E-state index in [2.05, 4.69) is 24.4 Å². The molecule has 0 aliphatic heterocycles. The molecule has 0 radical (unpaired) electrons. The lowest BCUT2D eigenvalue weighted by molar-refractivity contribution is 0.139. The van der Waals surface area contributed by atoms with Crippen LogP contribution in [0.1, 0.15) is 35.6 Å². The van der Waals surface area contributed by atoms with E-state index in [4.69, 9.17) is 4.42 Å². The molecule has 2 N–H and O–H groups in total. The van der Waals surface area contributed by atoms with Gasteiger partial charge in [0.1, 0.15) is 11.5 Å². The molecule has 3 nitrogen and oxygen atoms in total. The van der Waals surface area contributed by atoms with Crippen LogP contribution < -0.4 is 5.32 Å². The molecule has 0 bridgehead atoms. The summed E-state index contributed by atoms with van der Waals surface area (Å²) < 4.78 is 5.67. The van der Waals surface area contributed by atoms with Crippen molar-refractivity contribution < 1.29 is 9.52 Å². The lowest BCUT2D eigenvalue weighted by Crippen LogP contribution is -2.28. The average molecular weight is 257 g/mol. The van der Waals surface area contributed by atoms with Crippen LogP contribution in [0.3, 0.4) is 0 Å². The molecule has 1 heterocycles. The van der Waals surface area contributed by atoms with Gasteiger partial charge in [-0.3, -0.25) is 0 Å². The first-order valence-electron chi connectivity index (χ1n) is 6.84. The number of hydrogen-bond donors (Lipinski definition) is 2. The van der Waals surface area contributed by atoms with E-state index in [0.29, 0.717) is 6.54 Å². The summed E-state index contributed by atoms with van der Waals surface area (Å²) in [5.41, 5.74) is 2.44. The van der Waals surface area contributed by atoms with Gasteiger partial charge in [-0.1, -0.05) is 31.2 Å². The fraction of sp³-hybridized carbons (Fsp3) is 0.375. The topological polar surface area (TPSA) is 45.4 Å². The van der Waals surface area contributed by atoms with Gasteiger partial charge < -0.3 is 14.8 Å². The van der Waals surface area contributed by atoms with Gasteiger partial charge >= 0.3 is 0 Å². The van der Waals surface area contributed by atoms with E-state index < -0.39 is 0 Å². The molecule has 1 aromatic carbocycles. The molecule has 1 aliphatic carbocycles. The second kappa shape index (κ2) is 5.19. The number of aliphatic hydroxyl groups is 1. The van der Waals surface area contributed by atoms with Crippen molar-refractivity contribution in [2.75, 3.05) is 0 Å². The van der Waals surface area contributed by atoms with Gasteiger partial charge in [0.15, 0.2) is 0 Å². The minimum absolute atomic E-state index is 0.00590. The van der Waals surface area contributed by atoms with Crippen LogP contribution >= 0.6 is 0 Å². The van der Waals surface area contributed by atoms with Gasteiger partial charge in [0, 0.05) is 12.8 Å². The highest BCUT2D eigenvalue weighted by Gasteiger charge is 2.30. The third-order valence-electron chi connectivity index (χ3n) is 3.77. The van der Waals surface area contributed by atoms with Crippen LogP contribution in [0.25, 0.3) is 0 Å². The summed E-state index contributed by atoms with van der Waals surface area (Å²) in [7, 11) is 0. The Morgan fingerprint density at radius 3 is 2.79 bits per heavy atom. The van der Waals surface area contributed by atoms with Crippen LogP contribution in [0.4, 0.5) is 0 Å². The van der Waals surface area contributed by atoms with Gasteiger partial charge in [-0.15, -0.1) is 0 Å². The van der Waals surface area contributed by atoms with Gasteiger partial charge in [-0.2, -0.15) is 0 Å². The zero-order chi connectivity index (χ0) is 13.2. The van der Waals surface area contributed by atoms with Crippen molar-refractivity contribution in [3.8, 4) is 0 Å². The molecule has 0 fully saturated rings. The van der Waals surface area contributed by atoms with Gasteiger partial charge in [-0.25, -0.2) is 0 Å². The lowest BCUT2D eigenvalue weighted by Gasteiger charge is -2.17. The first-order chi connectivity index (χ1) is 9.28. The Labute approximate surface area is 113 Å². The maximum atomic E-state index is 10.1. The van der Waals surface area contributed by atoms with Crippen LogP contribution in [-0.4, -0.2) is 11.2 Å². The predicted molar refractivity (Wildman–Crippen MR) is 73.8 cm³/mol. The SMILES string of the molecule is CCc1ccc(CN[C@@H]2c3ccccc3C[C@@H]2O)o1. The van der Waals surface area contributed by atoms with E-state index >= 15 is 0 Å². The highest BCUT2D eigenvalue weighted by molar-refractivity contribution is 5.36. The first kappa shape index (κ1) is 12.5. The number of benzene rings is 1. The molecule has 0 amide bonds. The van der Waals surface area contributed by atoms with Gasteiger partial charge in [0.25, 0.3) is 0 Å². The third kappa shape index (κ3) is 2.44. The predicted octanol–water partition coefficient (Wildman–Crippen LogP) is 2.59. The van der Waals surface area contributed by atoms with E-state index in [-0.39, 0.29) is 12.1 Å². The average Bonchev–Trinajstić information content (AvgIpc) is 3.00.